The number of rotatable bonds is 4. The Morgan fingerprint density at radius 2 is 2.21 bits per heavy atom. The van der Waals surface area contributed by atoms with Crippen molar-refractivity contribution in [2.24, 2.45) is 5.92 Å². The molecule has 3 nitrogen and oxygen atoms in total. The lowest BCUT2D eigenvalue weighted by atomic mass is 10.1. The highest BCUT2D eigenvalue weighted by atomic mass is 15.2. The molecule has 1 saturated heterocycles. The van der Waals surface area contributed by atoms with Crippen molar-refractivity contribution >= 4 is 5.69 Å². The second-order valence-electron chi connectivity index (χ2n) is 5.92. The second kappa shape index (κ2) is 5.22. The van der Waals surface area contributed by atoms with Gasteiger partial charge < -0.3 is 10.2 Å². The van der Waals surface area contributed by atoms with Gasteiger partial charge >= 0.3 is 0 Å². The standard InChI is InChI=1S/C16H21N3/c1-12-2-5-16(14(8-12)9-17)18-10-13-6-7-19(11-13)15-3-4-15/h2,5,8,13,15,18H,3-4,6-7,10-11H2,1H3. The van der Waals surface area contributed by atoms with Crippen LogP contribution in [0.4, 0.5) is 5.69 Å². The fourth-order valence-electron chi connectivity index (χ4n) is 2.96. The number of aryl methyl sites for hydroxylation is 1. The maximum Gasteiger partial charge on any atom is 0.101 e. The number of nitrogens with one attached hydrogen (secondary N) is 1. The first-order chi connectivity index (χ1) is 9.26. The van der Waals surface area contributed by atoms with Crippen LogP contribution in [0, 0.1) is 24.2 Å². The summed E-state index contributed by atoms with van der Waals surface area (Å²) >= 11 is 0. The van der Waals surface area contributed by atoms with E-state index in [1.54, 1.807) is 0 Å². The number of likely N-dealkylation sites (tertiary alicyclic amines) is 1. The van der Waals surface area contributed by atoms with E-state index in [1.807, 2.05) is 19.1 Å². The van der Waals surface area contributed by atoms with E-state index in [2.05, 4.69) is 22.4 Å². The lowest BCUT2D eigenvalue weighted by Crippen LogP contribution is -2.24. The minimum atomic E-state index is 0.730. The smallest absolute Gasteiger partial charge is 0.101 e. The molecule has 0 amide bonds. The van der Waals surface area contributed by atoms with Crippen LogP contribution in [0.25, 0.3) is 0 Å². The molecule has 2 fully saturated rings. The maximum absolute atomic E-state index is 9.16. The lowest BCUT2D eigenvalue weighted by Gasteiger charge is -2.16. The van der Waals surface area contributed by atoms with Gasteiger partial charge in [0.25, 0.3) is 0 Å². The van der Waals surface area contributed by atoms with Gasteiger partial charge in [0.1, 0.15) is 6.07 Å². The van der Waals surface area contributed by atoms with Crippen molar-refractivity contribution < 1.29 is 0 Å². The maximum atomic E-state index is 9.16. The zero-order chi connectivity index (χ0) is 13.2. The first-order valence-corrected chi connectivity index (χ1v) is 7.25. The van der Waals surface area contributed by atoms with Crippen molar-refractivity contribution in [1.29, 1.82) is 5.26 Å². The van der Waals surface area contributed by atoms with Crippen LogP contribution in [0.1, 0.15) is 30.4 Å². The molecule has 0 radical (unpaired) electrons. The van der Waals surface area contributed by atoms with Crippen LogP contribution in [-0.4, -0.2) is 30.6 Å². The van der Waals surface area contributed by atoms with E-state index < -0.39 is 0 Å². The Morgan fingerprint density at radius 1 is 1.37 bits per heavy atom. The molecule has 0 spiro atoms. The van der Waals surface area contributed by atoms with Crippen LogP contribution >= 0.6 is 0 Å². The average Bonchev–Trinajstić information content (AvgIpc) is 3.17. The third kappa shape index (κ3) is 2.90. The molecule has 1 heterocycles. The molecule has 1 N–H and O–H groups in total. The minimum absolute atomic E-state index is 0.730. The van der Waals surface area contributed by atoms with Gasteiger partial charge in [-0.1, -0.05) is 6.07 Å². The fraction of sp³-hybridized carbons (Fsp3) is 0.562. The quantitative estimate of drug-likeness (QED) is 0.899. The van der Waals surface area contributed by atoms with Gasteiger partial charge in [-0.05, 0) is 56.3 Å². The van der Waals surface area contributed by atoms with Crippen molar-refractivity contribution in [1.82, 2.24) is 4.90 Å². The Kier molecular flexibility index (Phi) is 3.44. The fourth-order valence-corrected chi connectivity index (χ4v) is 2.96. The molecule has 100 valence electrons. The molecule has 1 aliphatic carbocycles. The summed E-state index contributed by atoms with van der Waals surface area (Å²) in [6.07, 6.45) is 4.09. The number of hydrogen-bond acceptors (Lipinski definition) is 3. The Labute approximate surface area is 115 Å². The molecule has 19 heavy (non-hydrogen) atoms. The van der Waals surface area contributed by atoms with E-state index in [9.17, 15) is 0 Å². The number of anilines is 1. The van der Waals surface area contributed by atoms with Gasteiger partial charge in [-0.3, -0.25) is 0 Å². The first-order valence-electron chi connectivity index (χ1n) is 7.25. The van der Waals surface area contributed by atoms with E-state index in [4.69, 9.17) is 5.26 Å². The van der Waals surface area contributed by atoms with Crippen molar-refractivity contribution in [3.63, 3.8) is 0 Å². The largest absolute Gasteiger partial charge is 0.384 e. The topological polar surface area (TPSA) is 39.1 Å². The Hall–Kier alpha value is -1.53. The van der Waals surface area contributed by atoms with E-state index in [0.717, 1.165) is 35.3 Å². The number of benzene rings is 1. The molecule has 1 aliphatic heterocycles. The molecule has 3 heteroatoms. The molecule has 1 atom stereocenters. The van der Waals surface area contributed by atoms with Crippen LogP contribution in [0.5, 0.6) is 0 Å². The van der Waals surface area contributed by atoms with Crippen molar-refractivity contribution in [3.8, 4) is 6.07 Å². The molecule has 1 aromatic rings. The number of nitrogens with zero attached hydrogens (tertiary/aromatic N) is 2. The second-order valence-corrected chi connectivity index (χ2v) is 5.92. The third-order valence-corrected chi connectivity index (χ3v) is 4.26. The number of hydrogen-bond donors (Lipinski definition) is 1. The zero-order valence-electron chi connectivity index (χ0n) is 11.5. The third-order valence-electron chi connectivity index (χ3n) is 4.26. The van der Waals surface area contributed by atoms with E-state index in [1.165, 1.54) is 32.4 Å². The molecule has 2 aliphatic rings. The average molecular weight is 255 g/mol. The molecule has 0 aromatic heterocycles. The van der Waals surface area contributed by atoms with Gasteiger partial charge in [-0.2, -0.15) is 5.26 Å². The summed E-state index contributed by atoms with van der Waals surface area (Å²) in [5.41, 5.74) is 2.89. The predicted molar refractivity (Wildman–Crippen MR) is 77.1 cm³/mol. The molecule has 1 aromatic carbocycles. The summed E-state index contributed by atoms with van der Waals surface area (Å²) < 4.78 is 0. The summed E-state index contributed by atoms with van der Waals surface area (Å²) in [4.78, 5) is 2.63. The van der Waals surface area contributed by atoms with Crippen molar-refractivity contribution in [2.45, 2.75) is 32.2 Å². The van der Waals surface area contributed by atoms with Gasteiger partial charge in [-0.25, -0.2) is 0 Å². The highest BCUT2D eigenvalue weighted by molar-refractivity contribution is 5.58. The first kappa shape index (κ1) is 12.5. The molecule has 1 saturated carbocycles. The van der Waals surface area contributed by atoms with Crippen molar-refractivity contribution in [2.75, 3.05) is 25.0 Å². The minimum Gasteiger partial charge on any atom is -0.384 e. The Morgan fingerprint density at radius 3 is 2.95 bits per heavy atom. The van der Waals surface area contributed by atoms with Gasteiger partial charge in [0.15, 0.2) is 0 Å². The highest BCUT2D eigenvalue weighted by Crippen LogP contribution is 2.31. The summed E-state index contributed by atoms with van der Waals surface area (Å²) in [6, 6.07) is 9.21. The highest BCUT2D eigenvalue weighted by Gasteiger charge is 2.34. The molecular weight excluding hydrogens is 234 g/mol. The van der Waals surface area contributed by atoms with E-state index >= 15 is 0 Å². The van der Waals surface area contributed by atoms with Crippen LogP contribution in [0.2, 0.25) is 0 Å². The van der Waals surface area contributed by atoms with Crippen LogP contribution < -0.4 is 5.32 Å². The normalized spacial score (nSPS) is 23.3. The molecule has 0 bridgehead atoms. The Bertz CT molecular complexity index is 499. The summed E-state index contributed by atoms with van der Waals surface area (Å²) in [7, 11) is 0. The van der Waals surface area contributed by atoms with Crippen LogP contribution in [-0.2, 0) is 0 Å². The number of nitriles is 1. The summed E-state index contributed by atoms with van der Waals surface area (Å²) in [5, 5.41) is 12.6. The van der Waals surface area contributed by atoms with Crippen LogP contribution in [0.15, 0.2) is 18.2 Å². The zero-order valence-corrected chi connectivity index (χ0v) is 11.5. The van der Waals surface area contributed by atoms with Crippen molar-refractivity contribution in [3.05, 3.63) is 29.3 Å². The van der Waals surface area contributed by atoms with Crippen LogP contribution in [0.3, 0.4) is 0 Å². The summed E-state index contributed by atoms with van der Waals surface area (Å²) in [6.45, 7) is 5.50. The molecular formula is C16H21N3. The van der Waals surface area contributed by atoms with Gasteiger partial charge in [0.05, 0.1) is 11.3 Å². The SMILES string of the molecule is Cc1ccc(NCC2CCN(C3CC3)C2)c(C#N)c1. The van der Waals surface area contributed by atoms with Gasteiger partial charge in [-0.15, -0.1) is 0 Å². The summed E-state index contributed by atoms with van der Waals surface area (Å²) in [5.74, 6) is 0.730. The molecule has 3 rings (SSSR count). The monoisotopic (exact) mass is 255 g/mol. The lowest BCUT2D eigenvalue weighted by molar-refractivity contribution is 0.316. The predicted octanol–water partition coefficient (Wildman–Crippen LogP) is 2.76. The molecule has 1 unspecified atom stereocenters. The van der Waals surface area contributed by atoms with Gasteiger partial charge in [0.2, 0.25) is 0 Å². The van der Waals surface area contributed by atoms with Gasteiger partial charge in [0, 0.05) is 19.1 Å². The Balaban J connectivity index is 1.56. The van der Waals surface area contributed by atoms with E-state index in [-0.39, 0.29) is 0 Å². The van der Waals surface area contributed by atoms with E-state index in [0.29, 0.717) is 0 Å².